The van der Waals surface area contributed by atoms with Gasteiger partial charge >= 0.3 is 0 Å². The van der Waals surface area contributed by atoms with Crippen molar-refractivity contribution in [2.24, 2.45) is 5.41 Å². The number of aromatic nitrogens is 1. The number of hydrogen-bond acceptors (Lipinski definition) is 2. The van der Waals surface area contributed by atoms with Crippen molar-refractivity contribution in [3.05, 3.63) is 30.1 Å². The maximum absolute atomic E-state index is 4.06. The van der Waals surface area contributed by atoms with Gasteiger partial charge in [-0.15, -0.1) is 0 Å². The fourth-order valence-electron chi connectivity index (χ4n) is 2.69. The lowest BCUT2D eigenvalue weighted by atomic mass is 9.87. The summed E-state index contributed by atoms with van der Waals surface area (Å²) in [5.74, 6) is 0. The monoisotopic (exact) mass is 218 g/mol. The Labute approximate surface area is 98.5 Å². The van der Waals surface area contributed by atoms with Crippen molar-refractivity contribution in [2.45, 2.75) is 52.1 Å². The Bertz CT molecular complexity index is 332. The van der Waals surface area contributed by atoms with E-state index in [9.17, 15) is 0 Å². The van der Waals surface area contributed by atoms with Crippen molar-refractivity contribution in [3.8, 4) is 0 Å². The molecule has 2 rings (SSSR count). The number of hydrogen-bond donors (Lipinski definition) is 1. The molecule has 1 unspecified atom stereocenters. The molecule has 2 atom stereocenters. The molecule has 1 heterocycles. The molecule has 1 fully saturated rings. The average Bonchev–Trinajstić information content (AvgIpc) is 2.59. The summed E-state index contributed by atoms with van der Waals surface area (Å²) in [5, 5.41) is 3.76. The van der Waals surface area contributed by atoms with Crippen LogP contribution < -0.4 is 5.32 Å². The first-order valence-corrected chi connectivity index (χ1v) is 6.25. The highest BCUT2D eigenvalue weighted by Crippen LogP contribution is 2.38. The van der Waals surface area contributed by atoms with Gasteiger partial charge in [-0.1, -0.05) is 20.3 Å². The van der Waals surface area contributed by atoms with Gasteiger partial charge in [-0.05, 0) is 42.9 Å². The summed E-state index contributed by atoms with van der Waals surface area (Å²) in [6, 6.07) is 5.26. The normalized spacial score (nSPS) is 25.6. The highest BCUT2D eigenvalue weighted by atomic mass is 15.0. The molecule has 88 valence electrons. The van der Waals surface area contributed by atoms with Gasteiger partial charge in [-0.2, -0.15) is 0 Å². The molecular weight excluding hydrogens is 196 g/mol. The Hall–Kier alpha value is -0.890. The second kappa shape index (κ2) is 4.54. The fraction of sp³-hybridized carbons (Fsp3) is 0.643. The molecule has 0 bridgehead atoms. The molecule has 2 nitrogen and oxygen atoms in total. The van der Waals surface area contributed by atoms with Gasteiger partial charge in [-0.3, -0.25) is 4.98 Å². The van der Waals surface area contributed by atoms with Crippen LogP contribution in [-0.2, 0) is 0 Å². The quantitative estimate of drug-likeness (QED) is 0.842. The molecule has 1 aliphatic carbocycles. The van der Waals surface area contributed by atoms with E-state index in [2.05, 4.69) is 43.2 Å². The van der Waals surface area contributed by atoms with Gasteiger partial charge in [0.1, 0.15) is 0 Å². The Morgan fingerprint density at radius 1 is 1.38 bits per heavy atom. The van der Waals surface area contributed by atoms with E-state index >= 15 is 0 Å². The van der Waals surface area contributed by atoms with Crippen LogP contribution in [-0.4, -0.2) is 11.0 Å². The van der Waals surface area contributed by atoms with Crippen LogP contribution in [0.3, 0.4) is 0 Å². The van der Waals surface area contributed by atoms with Crippen LogP contribution in [0, 0.1) is 5.41 Å². The molecule has 0 aliphatic heterocycles. The first kappa shape index (κ1) is 11.6. The summed E-state index contributed by atoms with van der Waals surface area (Å²) in [5.41, 5.74) is 1.78. The number of pyridine rings is 1. The standard InChI is InChI=1S/C14H22N2/c1-11(12-6-9-15-10-7-12)16-13-5-4-8-14(13,2)3/h6-7,9-11,13,16H,4-5,8H2,1-3H3/t11-,13?/m0/s1. The third-order valence-corrected chi connectivity index (χ3v) is 3.91. The third-order valence-electron chi connectivity index (χ3n) is 3.91. The fourth-order valence-corrected chi connectivity index (χ4v) is 2.69. The zero-order valence-corrected chi connectivity index (χ0v) is 10.5. The summed E-state index contributed by atoms with van der Waals surface area (Å²) in [6.07, 6.45) is 7.74. The topological polar surface area (TPSA) is 24.9 Å². The van der Waals surface area contributed by atoms with Crippen molar-refractivity contribution in [1.82, 2.24) is 10.3 Å². The summed E-state index contributed by atoms with van der Waals surface area (Å²) in [7, 11) is 0. The van der Waals surface area contributed by atoms with E-state index in [1.54, 1.807) is 0 Å². The molecule has 1 aromatic heterocycles. The molecule has 0 saturated heterocycles. The van der Waals surface area contributed by atoms with Gasteiger partial charge < -0.3 is 5.32 Å². The van der Waals surface area contributed by atoms with Crippen LogP contribution in [0.25, 0.3) is 0 Å². The highest BCUT2D eigenvalue weighted by molar-refractivity contribution is 5.14. The van der Waals surface area contributed by atoms with Gasteiger partial charge in [0, 0.05) is 24.5 Å². The largest absolute Gasteiger partial charge is 0.307 e. The van der Waals surface area contributed by atoms with E-state index in [0.29, 0.717) is 17.5 Å². The van der Waals surface area contributed by atoms with Gasteiger partial charge in [0.05, 0.1) is 0 Å². The van der Waals surface area contributed by atoms with Crippen LogP contribution in [0.4, 0.5) is 0 Å². The predicted molar refractivity (Wildman–Crippen MR) is 67.2 cm³/mol. The molecule has 0 amide bonds. The molecule has 16 heavy (non-hydrogen) atoms. The molecule has 1 saturated carbocycles. The van der Waals surface area contributed by atoms with Crippen molar-refractivity contribution in [2.75, 3.05) is 0 Å². The van der Waals surface area contributed by atoms with Crippen LogP contribution in [0.15, 0.2) is 24.5 Å². The minimum Gasteiger partial charge on any atom is -0.307 e. The first-order chi connectivity index (χ1) is 7.59. The van der Waals surface area contributed by atoms with Crippen molar-refractivity contribution in [1.29, 1.82) is 0 Å². The number of nitrogens with zero attached hydrogens (tertiary/aromatic N) is 1. The Morgan fingerprint density at radius 3 is 2.62 bits per heavy atom. The minimum absolute atomic E-state index is 0.422. The van der Waals surface area contributed by atoms with Gasteiger partial charge in [0.25, 0.3) is 0 Å². The van der Waals surface area contributed by atoms with Crippen LogP contribution >= 0.6 is 0 Å². The Morgan fingerprint density at radius 2 is 2.06 bits per heavy atom. The molecular formula is C14H22N2. The van der Waals surface area contributed by atoms with E-state index in [1.165, 1.54) is 24.8 Å². The smallest absolute Gasteiger partial charge is 0.0295 e. The van der Waals surface area contributed by atoms with Gasteiger partial charge in [-0.25, -0.2) is 0 Å². The van der Waals surface area contributed by atoms with E-state index in [-0.39, 0.29) is 0 Å². The van der Waals surface area contributed by atoms with E-state index in [4.69, 9.17) is 0 Å². The third kappa shape index (κ3) is 2.43. The summed E-state index contributed by atoms with van der Waals surface area (Å²) >= 11 is 0. The highest BCUT2D eigenvalue weighted by Gasteiger charge is 2.34. The van der Waals surface area contributed by atoms with Crippen LogP contribution in [0.5, 0.6) is 0 Å². The zero-order chi connectivity index (χ0) is 11.6. The lowest BCUT2D eigenvalue weighted by Crippen LogP contribution is -2.39. The second-order valence-electron chi connectivity index (χ2n) is 5.60. The summed E-state index contributed by atoms with van der Waals surface area (Å²) in [4.78, 5) is 4.06. The van der Waals surface area contributed by atoms with Crippen LogP contribution in [0.1, 0.15) is 51.6 Å². The molecule has 1 aliphatic rings. The van der Waals surface area contributed by atoms with E-state index in [1.807, 2.05) is 12.4 Å². The summed E-state index contributed by atoms with van der Waals surface area (Å²) < 4.78 is 0. The van der Waals surface area contributed by atoms with E-state index < -0.39 is 0 Å². The Balaban J connectivity index is 2.00. The van der Waals surface area contributed by atoms with Crippen molar-refractivity contribution >= 4 is 0 Å². The summed E-state index contributed by atoms with van der Waals surface area (Å²) in [6.45, 7) is 6.98. The predicted octanol–water partition coefficient (Wildman–Crippen LogP) is 3.31. The zero-order valence-electron chi connectivity index (χ0n) is 10.5. The van der Waals surface area contributed by atoms with E-state index in [0.717, 1.165) is 0 Å². The minimum atomic E-state index is 0.422. The average molecular weight is 218 g/mol. The molecule has 1 aromatic rings. The second-order valence-corrected chi connectivity index (χ2v) is 5.60. The maximum atomic E-state index is 4.06. The maximum Gasteiger partial charge on any atom is 0.0295 e. The number of nitrogens with one attached hydrogen (secondary N) is 1. The van der Waals surface area contributed by atoms with Gasteiger partial charge in [0.15, 0.2) is 0 Å². The van der Waals surface area contributed by atoms with Crippen molar-refractivity contribution in [3.63, 3.8) is 0 Å². The molecule has 0 radical (unpaired) electrons. The lowest BCUT2D eigenvalue weighted by Gasteiger charge is -2.31. The first-order valence-electron chi connectivity index (χ1n) is 6.25. The molecule has 0 spiro atoms. The van der Waals surface area contributed by atoms with Crippen molar-refractivity contribution < 1.29 is 0 Å². The Kier molecular flexibility index (Phi) is 3.29. The van der Waals surface area contributed by atoms with Crippen LogP contribution in [0.2, 0.25) is 0 Å². The number of rotatable bonds is 3. The molecule has 2 heteroatoms. The lowest BCUT2D eigenvalue weighted by molar-refractivity contribution is 0.266. The molecule has 1 N–H and O–H groups in total. The van der Waals surface area contributed by atoms with Gasteiger partial charge in [0.2, 0.25) is 0 Å². The SMILES string of the molecule is C[C@H](NC1CCCC1(C)C)c1ccncc1. The molecule has 0 aromatic carbocycles.